The lowest BCUT2D eigenvalue weighted by Crippen LogP contribution is -2.25. The molecule has 0 fully saturated rings. The first-order valence-electron chi connectivity index (χ1n) is 7.53. The summed E-state index contributed by atoms with van der Waals surface area (Å²) >= 11 is 0. The third-order valence-corrected chi connectivity index (χ3v) is 5.14. The zero-order valence-corrected chi connectivity index (χ0v) is 13.9. The number of benzene rings is 1. The summed E-state index contributed by atoms with van der Waals surface area (Å²) in [5.41, 5.74) is 3.24. The van der Waals surface area contributed by atoms with E-state index in [1.165, 1.54) is 24.7 Å². The van der Waals surface area contributed by atoms with Gasteiger partial charge < -0.3 is 5.32 Å². The predicted molar refractivity (Wildman–Crippen MR) is 89.1 cm³/mol. The van der Waals surface area contributed by atoms with Gasteiger partial charge in [-0.15, -0.1) is 0 Å². The highest BCUT2D eigenvalue weighted by Crippen LogP contribution is 2.30. The lowest BCUT2D eigenvalue weighted by Gasteiger charge is -2.29. The smallest absolute Gasteiger partial charge is 0.151 e. The fourth-order valence-corrected chi connectivity index (χ4v) is 3.88. The van der Waals surface area contributed by atoms with E-state index in [1.54, 1.807) is 0 Å². The van der Waals surface area contributed by atoms with E-state index >= 15 is 0 Å². The molecule has 0 amide bonds. The van der Waals surface area contributed by atoms with Crippen LogP contribution in [0.5, 0.6) is 0 Å². The van der Waals surface area contributed by atoms with Gasteiger partial charge in [0.15, 0.2) is 9.84 Å². The maximum Gasteiger partial charge on any atom is 0.151 e. The maximum absolute atomic E-state index is 11.5. The van der Waals surface area contributed by atoms with Crippen molar-refractivity contribution >= 4 is 15.5 Å². The highest BCUT2D eigenvalue weighted by molar-refractivity contribution is 7.89. The monoisotopic (exact) mass is 307 g/mol. The predicted octanol–water partition coefficient (Wildman–Crippen LogP) is 3.64. The number of anilines is 1. The zero-order chi connectivity index (χ0) is 15.5. The summed E-state index contributed by atoms with van der Waals surface area (Å²) in [4.78, 5) is 0. The summed E-state index contributed by atoms with van der Waals surface area (Å²) in [6.45, 7) is 5.36. The number of allylic oxidation sites excluding steroid dienone is 1. The fourth-order valence-electron chi connectivity index (χ4n) is 3.06. The van der Waals surface area contributed by atoms with Crippen LogP contribution < -0.4 is 5.32 Å². The Labute approximate surface area is 128 Å². The molecular formula is C17H25NO2S. The Morgan fingerprint density at radius 1 is 1.29 bits per heavy atom. The highest BCUT2D eigenvalue weighted by Gasteiger charge is 2.22. The molecule has 116 valence electrons. The van der Waals surface area contributed by atoms with Gasteiger partial charge in [-0.2, -0.15) is 0 Å². The molecule has 1 N–H and O–H groups in total. The van der Waals surface area contributed by atoms with Gasteiger partial charge in [0.05, 0.1) is 5.75 Å². The van der Waals surface area contributed by atoms with Gasteiger partial charge in [0, 0.05) is 18.5 Å². The molecular weight excluding hydrogens is 282 g/mol. The van der Waals surface area contributed by atoms with Crippen molar-refractivity contribution in [1.82, 2.24) is 0 Å². The van der Waals surface area contributed by atoms with Crippen molar-refractivity contribution in [1.29, 1.82) is 0 Å². The lowest BCUT2D eigenvalue weighted by molar-refractivity contribution is 0.381. The molecule has 1 aliphatic rings. The molecule has 0 bridgehead atoms. The van der Waals surface area contributed by atoms with Gasteiger partial charge in [0.1, 0.15) is 0 Å². The van der Waals surface area contributed by atoms with E-state index in [9.17, 15) is 8.42 Å². The molecule has 0 heterocycles. The first-order chi connectivity index (χ1) is 9.87. The number of hydrogen-bond acceptors (Lipinski definition) is 3. The van der Waals surface area contributed by atoms with Crippen LogP contribution in [-0.4, -0.2) is 21.2 Å². The van der Waals surface area contributed by atoms with Crippen molar-refractivity contribution in [3.8, 4) is 0 Å². The number of para-hydroxylation sites is 1. The average Bonchev–Trinajstić information content (AvgIpc) is 2.38. The summed E-state index contributed by atoms with van der Waals surface area (Å²) in [6.07, 6.45) is 6.01. The molecule has 0 spiro atoms. The topological polar surface area (TPSA) is 46.2 Å². The van der Waals surface area contributed by atoms with Crippen molar-refractivity contribution in [2.45, 2.75) is 32.4 Å². The summed E-state index contributed by atoms with van der Waals surface area (Å²) < 4.78 is 23.1. The Hall–Kier alpha value is -1.29. The average molecular weight is 307 g/mol. The fraction of sp³-hybridized carbons (Fsp3) is 0.529. The molecule has 2 rings (SSSR count). The number of hydrogen-bond donors (Lipinski definition) is 1. The number of nitrogens with one attached hydrogen (secondary N) is 1. The van der Waals surface area contributed by atoms with Gasteiger partial charge >= 0.3 is 0 Å². The molecule has 2 atom stereocenters. The minimum atomic E-state index is -3.02. The molecule has 0 aromatic heterocycles. The van der Waals surface area contributed by atoms with Crippen LogP contribution in [0.2, 0.25) is 0 Å². The number of sulfone groups is 1. The second-order valence-electron chi connectivity index (χ2n) is 6.22. The van der Waals surface area contributed by atoms with Crippen molar-refractivity contribution in [2.24, 2.45) is 11.8 Å². The van der Waals surface area contributed by atoms with Gasteiger partial charge in [0.2, 0.25) is 0 Å². The molecule has 1 aromatic carbocycles. The van der Waals surface area contributed by atoms with Crippen LogP contribution in [0.1, 0.15) is 32.3 Å². The summed E-state index contributed by atoms with van der Waals surface area (Å²) in [5.74, 6) is 1.29. The molecule has 1 aliphatic carbocycles. The van der Waals surface area contributed by atoms with Crippen molar-refractivity contribution in [3.63, 3.8) is 0 Å². The first kappa shape index (κ1) is 16.1. The molecule has 0 saturated heterocycles. The van der Waals surface area contributed by atoms with E-state index in [-0.39, 0.29) is 5.75 Å². The Bertz CT molecular complexity index is 619. The van der Waals surface area contributed by atoms with E-state index in [0.717, 1.165) is 17.8 Å². The first-order valence-corrected chi connectivity index (χ1v) is 9.59. The Kier molecular flexibility index (Phi) is 5.09. The van der Waals surface area contributed by atoms with E-state index < -0.39 is 9.84 Å². The molecule has 0 unspecified atom stereocenters. The third-order valence-electron chi connectivity index (χ3n) is 4.31. The Morgan fingerprint density at radius 3 is 2.67 bits per heavy atom. The van der Waals surface area contributed by atoms with Gasteiger partial charge in [-0.3, -0.25) is 0 Å². The summed E-state index contributed by atoms with van der Waals surface area (Å²) in [5, 5.41) is 3.46. The van der Waals surface area contributed by atoms with Crippen LogP contribution >= 0.6 is 0 Å². The SMILES string of the molecule is CC1=CCC[C@H](C)[C@@H]1CNc1ccccc1CS(C)(=O)=O. The summed E-state index contributed by atoms with van der Waals surface area (Å²) in [7, 11) is -3.02. The molecule has 3 nitrogen and oxygen atoms in total. The third kappa shape index (κ3) is 4.60. The van der Waals surface area contributed by atoms with E-state index in [1.807, 2.05) is 24.3 Å². The van der Waals surface area contributed by atoms with Gasteiger partial charge in [-0.05, 0) is 43.2 Å². The molecule has 0 saturated carbocycles. The standard InChI is InChI=1S/C17H25NO2S/c1-13-7-6-8-14(2)16(13)11-18-17-10-5-4-9-15(17)12-21(3,19)20/h4-5,7,9-10,14,16,18H,6,8,11-12H2,1-3H3/t14-,16+/m0/s1. The normalized spacial score (nSPS) is 22.7. The van der Waals surface area contributed by atoms with Crippen LogP contribution in [-0.2, 0) is 15.6 Å². The number of rotatable bonds is 5. The second-order valence-corrected chi connectivity index (χ2v) is 8.36. The van der Waals surface area contributed by atoms with Crippen molar-refractivity contribution < 1.29 is 8.42 Å². The molecule has 1 aromatic rings. The molecule has 0 aliphatic heterocycles. The maximum atomic E-state index is 11.5. The van der Waals surface area contributed by atoms with Crippen LogP contribution in [0.3, 0.4) is 0 Å². The second kappa shape index (κ2) is 6.65. The van der Waals surface area contributed by atoms with Gasteiger partial charge in [-0.1, -0.05) is 36.8 Å². The van der Waals surface area contributed by atoms with Gasteiger partial charge in [0.25, 0.3) is 0 Å². The molecule has 21 heavy (non-hydrogen) atoms. The van der Waals surface area contributed by atoms with Crippen LogP contribution in [0.4, 0.5) is 5.69 Å². The van der Waals surface area contributed by atoms with Crippen LogP contribution in [0.15, 0.2) is 35.9 Å². The quantitative estimate of drug-likeness (QED) is 0.845. The van der Waals surface area contributed by atoms with E-state index in [2.05, 4.69) is 25.2 Å². The van der Waals surface area contributed by atoms with Crippen LogP contribution in [0, 0.1) is 11.8 Å². The molecule has 0 radical (unpaired) electrons. The molecule has 4 heteroatoms. The van der Waals surface area contributed by atoms with Crippen LogP contribution in [0.25, 0.3) is 0 Å². The van der Waals surface area contributed by atoms with E-state index in [0.29, 0.717) is 11.8 Å². The highest BCUT2D eigenvalue weighted by atomic mass is 32.2. The lowest BCUT2D eigenvalue weighted by atomic mass is 9.80. The van der Waals surface area contributed by atoms with Crippen molar-refractivity contribution in [2.75, 3.05) is 18.1 Å². The van der Waals surface area contributed by atoms with Gasteiger partial charge in [-0.25, -0.2) is 8.42 Å². The minimum absolute atomic E-state index is 0.0885. The summed E-state index contributed by atoms with van der Waals surface area (Å²) in [6, 6.07) is 7.69. The Balaban J connectivity index is 2.10. The van der Waals surface area contributed by atoms with Crippen molar-refractivity contribution in [3.05, 3.63) is 41.5 Å². The van der Waals surface area contributed by atoms with E-state index in [4.69, 9.17) is 0 Å². The minimum Gasteiger partial charge on any atom is -0.384 e. The Morgan fingerprint density at radius 2 is 2.00 bits per heavy atom. The largest absolute Gasteiger partial charge is 0.384 e. The zero-order valence-electron chi connectivity index (χ0n) is 13.1.